The number of hydrazone groups is 1. The summed E-state index contributed by atoms with van der Waals surface area (Å²) >= 11 is 1.38. The molecular weight excluding hydrogens is 272 g/mol. The summed E-state index contributed by atoms with van der Waals surface area (Å²) in [5, 5.41) is 5.80. The lowest BCUT2D eigenvalue weighted by Gasteiger charge is -2.09. The summed E-state index contributed by atoms with van der Waals surface area (Å²) < 4.78 is 5.59. The maximum Gasteiger partial charge on any atom is 0.281 e. The van der Waals surface area contributed by atoms with Crippen molar-refractivity contribution in [2.45, 2.75) is 20.0 Å². The number of hydrogen-bond acceptors (Lipinski definition) is 4. The highest BCUT2D eigenvalue weighted by atomic mass is 32.1. The molecule has 1 aromatic heterocycles. The van der Waals surface area contributed by atoms with E-state index < -0.39 is 0 Å². The predicted molar refractivity (Wildman–Crippen MR) is 81.6 cm³/mol. The van der Waals surface area contributed by atoms with Crippen molar-refractivity contribution in [2.75, 3.05) is 0 Å². The molecule has 0 atom stereocenters. The van der Waals surface area contributed by atoms with Gasteiger partial charge in [0, 0.05) is 0 Å². The van der Waals surface area contributed by atoms with Crippen LogP contribution in [0.25, 0.3) is 0 Å². The lowest BCUT2D eigenvalue weighted by atomic mass is 10.2. The normalized spacial score (nSPS) is 10.9. The molecule has 104 valence electrons. The number of rotatable bonds is 5. The van der Waals surface area contributed by atoms with Gasteiger partial charge < -0.3 is 4.74 Å². The summed E-state index contributed by atoms with van der Waals surface area (Å²) in [6.07, 6.45) is 1.72. The molecule has 1 amide bonds. The maximum atomic E-state index is 11.7. The van der Waals surface area contributed by atoms with E-state index in [1.165, 1.54) is 11.3 Å². The molecule has 0 bridgehead atoms. The summed E-state index contributed by atoms with van der Waals surface area (Å²) in [5.41, 5.74) is 3.36. The van der Waals surface area contributed by atoms with Crippen LogP contribution in [0, 0.1) is 0 Å². The Morgan fingerprint density at radius 2 is 2.20 bits per heavy atom. The zero-order valence-electron chi connectivity index (χ0n) is 11.4. The predicted octanol–water partition coefficient (Wildman–Crippen LogP) is 3.30. The van der Waals surface area contributed by atoms with Crippen LogP contribution < -0.4 is 10.2 Å². The topological polar surface area (TPSA) is 50.7 Å². The molecule has 1 aromatic carbocycles. The van der Waals surface area contributed by atoms with E-state index in [9.17, 15) is 4.79 Å². The van der Waals surface area contributed by atoms with E-state index in [0.717, 1.165) is 11.3 Å². The first-order valence-corrected chi connectivity index (χ1v) is 7.17. The lowest BCUT2D eigenvalue weighted by Crippen LogP contribution is -2.16. The Morgan fingerprint density at radius 1 is 1.35 bits per heavy atom. The standard InChI is InChI=1S/C15H16N2O2S/c1-11(2)19-13-6-3-5-12(9-13)10-16-17-15(18)14-7-4-8-20-14/h3-11H,1-2H3,(H,17,18)/b16-10+. The van der Waals surface area contributed by atoms with Crippen LogP contribution in [0.4, 0.5) is 0 Å². The molecule has 0 saturated heterocycles. The van der Waals surface area contributed by atoms with Crippen LogP contribution in [0.1, 0.15) is 29.1 Å². The fourth-order valence-electron chi connectivity index (χ4n) is 1.57. The van der Waals surface area contributed by atoms with Crippen molar-refractivity contribution in [3.05, 3.63) is 52.2 Å². The van der Waals surface area contributed by atoms with Gasteiger partial charge in [-0.3, -0.25) is 4.79 Å². The quantitative estimate of drug-likeness (QED) is 0.678. The third-order valence-corrected chi connectivity index (χ3v) is 3.22. The fraction of sp³-hybridized carbons (Fsp3) is 0.200. The lowest BCUT2D eigenvalue weighted by molar-refractivity contribution is 0.0959. The van der Waals surface area contributed by atoms with Crippen molar-refractivity contribution in [1.29, 1.82) is 0 Å². The minimum Gasteiger partial charge on any atom is -0.491 e. The Hall–Kier alpha value is -2.14. The second kappa shape index (κ2) is 6.86. The van der Waals surface area contributed by atoms with Crippen LogP contribution in [0.15, 0.2) is 46.9 Å². The minimum atomic E-state index is -0.203. The number of hydrogen-bond donors (Lipinski definition) is 1. The minimum absolute atomic E-state index is 0.126. The van der Waals surface area contributed by atoms with Gasteiger partial charge in [-0.15, -0.1) is 11.3 Å². The second-order valence-corrected chi connectivity index (χ2v) is 5.36. The van der Waals surface area contributed by atoms with Gasteiger partial charge in [0.25, 0.3) is 5.91 Å². The van der Waals surface area contributed by atoms with E-state index in [2.05, 4.69) is 10.5 Å². The summed E-state index contributed by atoms with van der Waals surface area (Å²) in [6, 6.07) is 11.1. The molecule has 0 unspecified atom stereocenters. The molecule has 20 heavy (non-hydrogen) atoms. The number of carbonyl (C=O) groups excluding carboxylic acids is 1. The van der Waals surface area contributed by atoms with Crippen LogP contribution in [-0.2, 0) is 0 Å². The summed E-state index contributed by atoms with van der Waals surface area (Å²) in [6.45, 7) is 3.95. The number of thiophene rings is 1. The van der Waals surface area contributed by atoms with Crippen molar-refractivity contribution in [1.82, 2.24) is 5.43 Å². The average molecular weight is 288 g/mol. The summed E-state index contributed by atoms with van der Waals surface area (Å²) in [7, 11) is 0. The number of carbonyl (C=O) groups is 1. The smallest absolute Gasteiger partial charge is 0.281 e. The second-order valence-electron chi connectivity index (χ2n) is 4.42. The first-order chi connectivity index (χ1) is 9.65. The first kappa shape index (κ1) is 14.3. The highest BCUT2D eigenvalue weighted by molar-refractivity contribution is 7.12. The molecule has 4 nitrogen and oxygen atoms in total. The zero-order valence-corrected chi connectivity index (χ0v) is 12.2. The number of ether oxygens (including phenoxy) is 1. The number of benzene rings is 1. The van der Waals surface area contributed by atoms with E-state index in [1.54, 1.807) is 12.3 Å². The fourth-order valence-corrected chi connectivity index (χ4v) is 2.18. The summed E-state index contributed by atoms with van der Waals surface area (Å²) in [4.78, 5) is 12.3. The molecule has 1 heterocycles. The van der Waals surface area contributed by atoms with Crippen LogP contribution in [0.3, 0.4) is 0 Å². The van der Waals surface area contributed by atoms with Gasteiger partial charge in [-0.2, -0.15) is 5.10 Å². The molecule has 5 heteroatoms. The maximum absolute atomic E-state index is 11.7. The van der Waals surface area contributed by atoms with Crippen molar-refractivity contribution in [3.63, 3.8) is 0 Å². The van der Waals surface area contributed by atoms with E-state index in [0.29, 0.717) is 4.88 Å². The first-order valence-electron chi connectivity index (χ1n) is 6.29. The van der Waals surface area contributed by atoms with Gasteiger partial charge in [-0.05, 0) is 43.0 Å². The molecule has 0 aliphatic heterocycles. The highest BCUT2D eigenvalue weighted by Crippen LogP contribution is 2.13. The van der Waals surface area contributed by atoms with E-state index in [4.69, 9.17) is 4.74 Å². The van der Waals surface area contributed by atoms with Crippen LogP contribution >= 0.6 is 11.3 Å². The SMILES string of the molecule is CC(C)Oc1cccc(/C=N/NC(=O)c2cccs2)c1. The third-order valence-electron chi connectivity index (χ3n) is 2.35. The van der Waals surface area contributed by atoms with Gasteiger partial charge >= 0.3 is 0 Å². The number of nitrogens with one attached hydrogen (secondary N) is 1. The third kappa shape index (κ3) is 4.20. The van der Waals surface area contributed by atoms with Gasteiger partial charge in [0.05, 0.1) is 17.2 Å². The molecular formula is C15H16N2O2S. The molecule has 0 radical (unpaired) electrons. The highest BCUT2D eigenvalue weighted by Gasteiger charge is 2.03. The molecule has 0 aliphatic rings. The Kier molecular flexibility index (Phi) is 4.90. The summed E-state index contributed by atoms with van der Waals surface area (Å²) in [5.74, 6) is 0.583. The average Bonchev–Trinajstić information content (AvgIpc) is 2.92. The van der Waals surface area contributed by atoms with E-state index >= 15 is 0 Å². The Bertz CT molecular complexity index is 592. The molecule has 2 rings (SSSR count). The van der Waals surface area contributed by atoms with Crippen molar-refractivity contribution >= 4 is 23.5 Å². The van der Waals surface area contributed by atoms with Gasteiger partial charge in [0.2, 0.25) is 0 Å². The molecule has 2 aromatic rings. The molecule has 0 spiro atoms. The Balaban J connectivity index is 1.96. The van der Waals surface area contributed by atoms with Crippen molar-refractivity contribution in [2.24, 2.45) is 5.10 Å². The van der Waals surface area contributed by atoms with Crippen molar-refractivity contribution in [3.8, 4) is 5.75 Å². The van der Waals surface area contributed by atoms with Gasteiger partial charge in [-0.1, -0.05) is 18.2 Å². The van der Waals surface area contributed by atoms with E-state index in [1.807, 2.05) is 49.6 Å². The Morgan fingerprint density at radius 3 is 2.90 bits per heavy atom. The molecule has 0 fully saturated rings. The molecule has 0 saturated carbocycles. The molecule has 0 aliphatic carbocycles. The van der Waals surface area contributed by atoms with Gasteiger partial charge in [0.1, 0.15) is 5.75 Å². The molecule has 1 N–H and O–H groups in total. The van der Waals surface area contributed by atoms with Gasteiger partial charge in [-0.25, -0.2) is 5.43 Å². The largest absolute Gasteiger partial charge is 0.491 e. The number of nitrogens with zero attached hydrogens (tertiary/aromatic N) is 1. The monoisotopic (exact) mass is 288 g/mol. The van der Waals surface area contributed by atoms with Crippen molar-refractivity contribution < 1.29 is 9.53 Å². The Labute approximate surface area is 122 Å². The zero-order chi connectivity index (χ0) is 14.4. The van der Waals surface area contributed by atoms with Gasteiger partial charge in [0.15, 0.2) is 0 Å². The van der Waals surface area contributed by atoms with Crippen LogP contribution in [0.2, 0.25) is 0 Å². The number of amides is 1. The van der Waals surface area contributed by atoms with E-state index in [-0.39, 0.29) is 12.0 Å². The van der Waals surface area contributed by atoms with Crippen LogP contribution in [-0.4, -0.2) is 18.2 Å². The van der Waals surface area contributed by atoms with Crippen LogP contribution in [0.5, 0.6) is 5.75 Å².